The van der Waals surface area contributed by atoms with Crippen molar-refractivity contribution in [3.05, 3.63) is 437 Å². The monoisotopic (exact) mass is 1450 g/mol. The molecule has 0 N–H and O–H groups in total. The summed E-state index contributed by atoms with van der Waals surface area (Å²) in [6.07, 6.45) is 0. The number of hydrogen-bond donors (Lipinski definition) is 0. The van der Waals surface area contributed by atoms with Gasteiger partial charge in [0.1, 0.15) is 0 Å². The molecule has 0 amide bonds. The van der Waals surface area contributed by atoms with Crippen LogP contribution >= 0.6 is 0 Å². The van der Waals surface area contributed by atoms with Crippen molar-refractivity contribution in [2.75, 3.05) is 0 Å². The van der Waals surface area contributed by atoms with Crippen LogP contribution in [-0.4, -0.2) is 18.3 Å². The Balaban J connectivity index is 0.000000140. The highest BCUT2D eigenvalue weighted by molar-refractivity contribution is 6.14. The number of para-hydroxylation sites is 5. The summed E-state index contributed by atoms with van der Waals surface area (Å²) in [7, 11) is 0. The second kappa shape index (κ2) is 27.5. The molecule has 0 bridgehead atoms. The third kappa shape index (κ3) is 11.5. The van der Waals surface area contributed by atoms with Crippen molar-refractivity contribution < 1.29 is 0 Å². The molecule has 4 nitrogen and oxygen atoms in total. The van der Waals surface area contributed by atoms with Crippen LogP contribution in [-0.2, 0) is 0 Å². The van der Waals surface area contributed by atoms with Gasteiger partial charge in [-0.1, -0.05) is 315 Å². The molecule has 4 aromatic heterocycles. The molecule has 0 unspecified atom stereocenters. The zero-order valence-corrected chi connectivity index (χ0v) is 62.4. The second-order valence-electron chi connectivity index (χ2n) is 30.0. The summed E-state index contributed by atoms with van der Waals surface area (Å²) in [5, 5.41) is 15.0. The van der Waals surface area contributed by atoms with E-state index in [9.17, 15) is 0 Å². The highest BCUT2D eigenvalue weighted by Gasteiger charge is 2.20. The van der Waals surface area contributed by atoms with Crippen molar-refractivity contribution in [1.82, 2.24) is 18.3 Å². The van der Waals surface area contributed by atoms with Gasteiger partial charge in [0.25, 0.3) is 0 Å². The Morgan fingerprint density at radius 3 is 0.719 bits per heavy atom. The highest BCUT2D eigenvalue weighted by atomic mass is 15.0. The highest BCUT2D eigenvalue weighted by Crippen LogP contribution is 2.43. The Morgan fingerprint density at radius 2 is 0.325 bits per heavy atom. The van der Waals surface area contributed by atoms with Gasteiger partial charge < -0.3 is 18.3 Å². The molecule has 0 atom stereocenters. The van der Waals surface area contributed by atoms with E-state index in [1.54, 1.807) is 0 Å². The Kier molecular flexibility index (Phi) is 15.9. The third-order valence-electron chi connectivity index (χ3n) is 23.4. The summed E-state index contributed by atoms with van der Waals surface area (Å²) in [6.45, 7) is 0. The van der Waals surface area contributed by atoms with Crippen LogP contribution < -0.4 is 0 Å². The third-order valence-corrected chi connectivity index (χ3v) is 23.4. The van der Waals surface area contributed by atoms with E-state index in [2.05, 4.69) is 455 Å². The van der Waals surface area contributed by atoms with Crippen LogP contribution in [0.25, 0.3) is 209 Å². The van der Waals surface area contributed by atoms with Gasteiger partial charge in [0.05, 0.1) is 44.1 Å². The lowest BCUT2D eigenvalue weighted by molar-refractivity contribution is 1.18. The largest absolute Gasteiger partial charge is 0.309 e. The summed E-state index contributed by atoms with van der Waals surface area (Å²) in [5.74, 6) is 0. The average molecular weight is 1450 g/mol. The van der Waals surface area contributed by atoms with Gasteiger partial charge in [-0.15, -0.1) is 0 Å². The van der Waals surface area contributed by atoms with Crippen molar-refractivity contribution in [3.8, 4) is 101 Å². The molecular weight excluding hydrogens is 1380 g/mol. The van der Waals surface area contributed by atoms with Crippen LogP contribution in [0.5, 0.6) is 0 Å². The first kappa shape index (κ1) is 65.9. The fraction of sp³-hybridized carbons (Fsp3) is 0. The summed E-state index contributed by atoms with van der Waals surface area (Å²) < 4.78 is 9.61. The predicted octanol–water partition coefficient (Wildman–Crippen LogP) is 29.7. The van der Waals surface area contributed by atoms with Gasteiger partial charge in [0.15, 0.2) is 0 Å². The summed E-state index contributed by atoms with van der Waals surface area (Å²) in [6, 6.07) is 159. The van der Waals surface area contributed by atoms with Crippen LogP contribution in [0.1, 0.15) is 0 Å². The lowest BCUT2D eigenvalue weighted by Crippen LogP contribution is -1.94. The summed E-state index contributed by atoms with van der Waals surface area (Å²) >= 11 is 0. The molecule has 23 aromatic rings. The first-order chi connectivity index (χ1) is 56.5. The van der Waals surface area contributed by atoms with Crippen LogP contribution in [0.4, 0.5) is 0 Å². The summed E-state index contributed by atoms with van der Waals surface area (Å²) in [4.78, 5) is 0. The lowest BCUT2D eigenvalue weighted by Gasteiger charge is -2.11. The van der Waals surface area contributed by atoms with Crippen LogP contribution in [0.2, 0.25) is 0 Å². The van der Waals surface area contributed by atoms with Crippen molar-refractivity contribution in [3.63, 3.8) is 0 Å². The van der Waals surface area contributed by atoms with Gasteiger partial charge in [0, 0.05) is 65.8 Å². The Bertz CT molecular complexity index is 7660. The van der Waals surface area contributed by atoms with Gasteiger partial charge in [-0.3, -0.25) is 0 Å². The Morgan fingerprint density at radius 1 is 0.105 bits per heavy atom. The molecule has 4 heteroatoms. The Hall–Kier alpha value is -15.1. The molecule has 0 aliphatic rings. The smallest absolute Gasteiger partial charge is 0.0547 e. The molecule has 0 fully saturated rings. The van der Waals surface area contributed by atoms with Gasteiger partial charge in [-0.05, 0) is 221 Å². The first-order valence-corrected chi connectivity index (χ1v) is 39.3. The van der Waals surface area contributed by atoms with Crippen LogP contribution in [0.15, 0.2) is 437 Å². The topological polar surface area (TPSA) is 19.7 Å². The van der Waals surface area contributed by atoms with E-state index in [0.717, 1.165) is 5.69 Å². The fourth-order valence-electron chi connectivity index (χ4n) is 17.8. The van der Waals surface area contributed by atoms with Crippen molar-refractivity contribution in [2.45, 2.75) is 0 Å². The van der Waals surface area contributed by atoms with Crippen LogP contribution in [0, 0.1) is 0 Å². The van der Waals surface area contributed by atoms with E-state index in [1.807, 2.05) is 0 Å². The first-order valence-electron chi connectivity index (χ1n) is 39.3. The maximum Gasteiger partial charge on any atom is 0.0547 e. The van der Waals surface area contributed by atoms with E-state index in [1.165, 1.54) is 204 Å². The zero-order chi connectivity index (χ0) is 75.2. The molecule has 4 heterocycles. The normalized spacial score (nSPS) is 11.7. The maximum atomic E-state index is 2.41. The molecule has 0 aliphatic heterocycles. The van der Waals surface area contributed by atoms with Gasteiger partial charge >= 0.3 is 0 Å². The number of fused-ring (bicyclic) bond motifs is 14. The molecule has 23 rings (SSSR count). The standard InChI is InChI=1S/C58H38N2.C52H34N2/c1-3-11-39(12-4-1)41-25-30-49(31-26-41)59-55-17-9-7-15-51(55)53-33-28-48(38-58(53)59)43-21-19-42(20-22-43)47-29-34-57-54(37-47)52-16-8-10-18-56(52)60(57)50-32-27-45-35-44(23-24-46(45)36-50)40-13-5-2-6-14-40;1-3-11-35(12-4-1)38-23-24-40-32-44(28-25-39(40)31-38)54-50-18-10-8-16-46(50)48-33-41(27-30-51(48)54)36-19-21-37(22-20-36)42-26-29-47-45-15-7-9-17-49(45)53(52(47)34-42)43-13-5-2-6-14-43/h1-38H;1-34H. The molecule has 0 aliphatic carbocycles. The van der Waals surface area contributed by atoms with E-state index in [0.29, 0.717) is 0 Å². The summed E-state index contributed by atoms with van der Waals surface area (Å²) in [5.41, 5.74) is 31.4. The molecule has 19 aromatic carbocycles. The fourth-order valence-corrected chi connectivity index (χ4v) is 17.8. The molecule has 0 saturated carbocycles. The van der Waals surface area contributed by atoms with Gasteiger partial charge in [-0.2, -0.15) is 0 Å². The average Bonchev–Trinajstić information content (AvgIpc) is 1.58. The number of hydrogen-bond acceptors (Lipinski definition) is 0. The lowest BCUT2D eigenvalue weighted by atomic mass is 9.98. The minimum absolute atomic E-state index is 1.16. The molecule has 532 valence electrons. The number of nitrogens with zero attached hydrogens (tertiary/aromatic N) is 4. The molecule has 0 spiro atoms. The SMILES string of the molecule is c1ccc(-c2ccc(-n3c4ccccc4c4ccc(-c5ccc(-c6ccc7c(c6)c6ccccc6n7-c6ccc7cc(-c8ccccc8)ccc7c6)cc5)cc43)cc2)cc1.c1ccc(-c2ccc3cc(-n4c5ccccc5c5cc(-c6ccc(-c7ccc8c9ccccc9n(-c9ccccc9)c8c7)cc6)ccc54)ccc3c2)cc1. The second-order valence-corrected chi connectivity index (χ2v) is 30.0. The maximum absolute atomic E-state index is 2.41. The van der Waals surface area contributed by atoms with E-state index in [-0.39, 0.29) is 0 Å². The number of benzene rings is 19. The van der Waals surface area contributed by atoms with E-state index >= 15 is 0 Å². The minimum Gasteiger partial charge on any atom is -0.309 e. The van der Waals surface area contributed by atoms with Gasteiger partial charge in [0.2, 0.25) is 0 Å². The zero-order valence-electron chi connectivity index (χ0n) is 62.4. The number of rotatable bonds is 11. The quantitative estimate of drug-likeness (QED) is 0.123. The molecule has 0 radical (unpaired) electrons. The molecular formula is C110H72N4. The van der Waals surface area contributed by atoms with E-state index < -0.39 is 0 Å². The van der Waals surface area contributed by atoms with Gasteiger partial charge in [-0.25, -0.2) is 0 Å². The van der Waals surface area contributed by atoms with Crippen molar-refractivity contribution >= 4 is 109 Å². The van der Waals surface area contributed by atoms with Crippen molar-refractivity contribution in [2.24, 2.45) is 0 Å². The van der Waals surface area contributed by atoms with Crippen LogP contribution in [0.3, 0.4) is 0 Å². The number of aromatic nitrogens is 4. The van der Waals surface area contributed by atoms with Crippen molar-refractivity contribution in [1.29, 1.82) is 0 Å². The Labute approximate surface area is 660 Å². The van der Waals surface area contributed by atoms with E-state index in [4.69, 9.17) is 0 Å². The molecule has 114 heavy (non-hydrogen) atoms. The minimum atomic E-state index is 1.16. The predicted molar refractivity (Wildman–Crippen MR) is 483 cm³/mol. The molecule has 0 saturated heterocycles.